The van der Waals surface area contributed by atoms with E-state index in [4.69, 9.17) is 0 Å². The fourth-order valence-electron chi connectivity index (χ4n) is 0.101. The van der Waals surface area contributed by atoms with Crippen LogP contribution < -0.4 is 5.90 Å². The molecular weight excluding hydrogens is 134 g/mol. The van der Waals surface area contributed by atoms with E-state index in [-0.39, 0.29) is 0 Å². The van der Waals surface area contributed by atoms with Crippen molar-refractivity contribution in [3.63, 3.8) is 0 Å². The zero-order valence-corrected chi connectivity index (χ0v) is 5.92. The first-order chi connectivity index (χ1) is 4.68. The molecule has 0 spiro atoms. The first-order valence-electron chi connectivity index (χ1n) is 2.82. The number of epoxide rings is 1. The Hall–Kier alpha value is -0.870. The molecule has 2 N–H and O–H groups in total. The second kappa shape index (κ2) is 4.96. The SMILES string of the molecule is C1CO1.C=C(C)C(=O)ON. The van der Waals surface area contributed by atoms with E-state index in [1.54, 1.807) is 0 Å². The lowest BCUT2D eigenvalue weighted by atomic mass is 10.4. The van der Waals surface area contributed by atoms with E-state index in [1.807, 2.05) is 0 Å². The average Bonchev–Trinajstić information content (AvgIpc) is 2.70. The highest BCUT2D eigenvalue weighted by atomic mass is 16.7. The molecule has 0 aromatic rings. The Morgan fingerprint density at radius 3 is 2.10 bits per heavy atom. The Morgan fingerprint density at radius 2 is 2.10 bits per heavy atom. The van der Waals surface area contributed by atoms with Gasteiger partial charge >= 0.3 is 5.97 Å². The molecule has 0 aliphatic carbocycles. The van der Waals surface area contributed by atoms with Crippen molar-refractivity contribution >= 4 is 5.97 Å². The van der Waals surface area contributed by atoms with Gasteiger partial charge < -0.3 is 9.57 Å². The van der Waals surface area contributed by atoms with Crippen LogP contribution in [0.3, 0.4) is 0 Å². The number of ether oxygens (including phenoxy) is 1. The van der Waals surface area contributed by atoms with Gasteiger partial charge in [0, 0.05) is 5.57 Å². The van der Waals surface area contributed by atoms with Crippen molar-refractivity contribution in [1.82, 2.24) is 0 Å². The normalized spacial score (nSPS) is 12.6. The number of nitrogens with two attached hydrogens (primary N) is 1. The lowest BCUT2D eigenvalue weighted by Gasteiger charge is -1.90. The van der Waals surface area contributed by atoms with E-state index in [1.165, 1.54) is 6.92 Å². The summed E-state index contributed by atoms with van der Waals surface area (Å²) in [6.07, 6.45) is 0. The van der Waals surface area contributed by atoms with Crippen LogP contribution in [0.15, 0.2) is 12.2 Å². The Kier molecular flexibility index (Phi) is 4.53. The van der Waals surface area contributed by atoms with E-state index in [2.05, 4.69) is 22.1 Å². The largest absolute Gasteiger partial charge is 0.377 e. The molecule has 4 heteroatoms. The van der Waals surface area contributed by atoms with Crippen LogP contribution in [0.2, 0.25) is 0 Å². The molecule has 1 saturated heterocycles. The summed E-state index contributed by atoms with van der Waals surface area (Å²) in [6.45, 7) is 6.79. The molecule has 4 nitrogen and oxygen atoms in total. The maximum Gasteiger partial charge on any atom is 0.351 e. The maximum atomic E-state index is 10.1. The van der Waals surface area contributed by atoms with E-state index in [9.17, 15) is 4.79 Å². The fourth-order valence-corrected chi connectivity index (χ4v) is 0.101. The van der Waals surface area contributed by atoms with E-state index < -0.39 is 5.97 Å². The summed E-state index contributed by atoms with van der Waals surface area (Å²) in [7, 11) is 0. The van der Waals surface area contributed by atoms with Crippen molar-refractivity contribution in [3.8, 4) is 0 Å². The number of rotatable bonds is 1. The monoisotopic (exact) mass is 145 g/mol. The van der Waals surface area contributed by atoms with Crippen LogP contribution in [0.5, 0.6) is 0 Å². The van der Waals surface area contributed by atoms with Gasteiger partial charge in [-0.2, -0.15) is 5.90 Å². The van der Waals surface area contributed by atoms with Crippen molar-refractivity contribution < 1.29 is 14.4 Å². The van der Waals surface area contributed by atoms with Gasteiger partial charge in [0.1, 0.15) is 0 Å². The molecule has 1 aliphatic rings. The van der Waals surface area contributed by atoms with Crippen LogP contribution in [0, 0.1) is 0 Å². The second-order valence-corrected chi connectivity index (χ2v) is 1.80. The highest BCUT2D eigenvalue weighted by Crippen LogP contribution is 1.85. The first-order valence-corrected chi connectivity index (χ1v) is 2.82. The van der Waals surface area contributed by atoms with Crippen LogP contribution >= 0.6 is 0 Å². The van der Waals surface area contributed by atoms with Gasteiger partial charge in [0.15, 0.2) is 0 Å². The minimum atomic E-state index is -0.569. The van der Waals surface area contributed by atoms with Crippen molar-refractivity contribution in [2.24, 2.45) is 5.90 Å². The van der Waals surface area contributed by atoms with Crippen LogP contribution in [0.1, 0.15) is 6.92 Å². The zero-order valence-electron chi connectivity index (χ0n) is 5.92. The molecule has 0 bridgehead atoms. The smallest absolute Gasteiger partial charge is 0.351 e. The van der Waals surface area contributed by atoms with Crippen LogP contribution in [0.4, 0.5) is 0 Å². The molecule has 1 rings (SSSR count). The zero-order chi connectivity index (χ0) is 7.98. The Labute approximate surface area is 59.6 Å². The molecule has 0 atom stereocenters. The van der Waals surface area contributed by atoms with Gasteiger partial charge in [-0.05, 0) is 6.92 Å². The third-order valence-electron chi connectivity index (χ3n) is 0.660. The predicted octanol–water partition coefficient (Wildman–Crippen LogP) is -0.00400. The predicted molar refractivity (Wildman–Crippen MR) is 35.9 cm³/mol. The van der Waals surface area contributed by atoms with Crippen LogP contribution in [0.25, 0.3) is 0 Å². The van der Waals surface area contributed by atoms with Crippen LogP contribution in [-0.4, -0.2) is 19.2 Å². The summed E-state index contributed by atoms with van der Waals surface area (Å²) in [5.74, 6) is 3.89. The quantitative estimate of drug-likeness (QED) is 0.320. The number of carbonyl (C=O) groups excluding carboxylic acids is 1. The lowest BCUT2D eigenvalue weighted by Crippen LogP contribution is -2.09. The number of carbonyl (C=O) groups is 1. The number of hydrogen-bond donors (Lipinski definition) is 1. The molecule has 58 valence electrons. The molecule has 1 fully saturated rings. The Morgan fingerprint density at radius 1 is 1.70 bits per heavy atom. The van der Waals surface area contributed by atoms with Gasteiger partial charge in [-0.3, -0.25) is 0 Å². The van der Waals surface area contributed by atoms with Gasteiger partial charge in [-0.1, -0.05) is 6.58 Å². The van der Waals surface area contributed by atoms with E-state index in [0.29, 0.717) is 5.57 Å². The van der Waals surface area contributed by atoms with Gasteiger partial charge in [-0.25, -0.2) is 4.79 Å². The Bertz CT molecular complexity index is 128. The summed E-state index contributed by atoms with van der Waals surface area (Å²) >= 11 is 0. The number of hydrogen-bond acceptors (Lipinski definition) is 4. The Balaban J connectivity index is 0.000000219. The molecule has 0 aromatic carbocycles. The van der Waals surface area contributed by atoms with Crippen molar-refractivity contribution in [2.75, 3.05) is 13.2 Å². The average molecular weight is 145 g/mol. The third-order valence-corrected chi connectivity index (χ3v) is 0.660. The summed E-state index contributed by atoms with van der Waals surface area (Å²) < 4.78 is 4.50. The maximum absolute atomic E-state index is 10.1. The lowest BCUT2D eigenvalue weighted by molar-refractivity contribution is -0.139. The topological polar surface area (TPSA) is 64.8 Å². The summed E-state index contributed by atoms with van der Waals surface area (Å²) in [6, 6.07) is 0. The van der Waals surface area contributed by atoms with Crippen molar-refractivity contribution in [2.45, 2.75) is 6.92 Å². The molecule has 1 aliphatic heterocycles. The summed E-state index contributed by atoms with van der Waals surface area (Å²) in [5, 5.41) is 0. The second-order valence-electron chi connectivity index (χ2n) is 1.80. The summed E-state index contributed by atoms with van der Waals surface area (Å²) in [4.78, 5) is 13.8. The molecule has 10 heavy (non-hydrogen) atoms. The van der Waals surface area contributed by atoms with Crippen LogP contribution in [-0.2, 0) is 14.4 Å². The minimum absolute atomic E-state index is 0.308. The highest BCUT2D eigenvalue weighted by molar-refractivity contribution is 5.86. The summed E-state index contributed by atoms with van der Waals surface area (Å²) in [5.41, 5.74) is 0.308. The molecule has 0 aromatic heterocycles. The van der Waals surface area contributed by atoms with Crippen molar-refractivity contribution in [3.05, 3.63) is 12.2 Å². The van der Waals surface area contributed by atoms with Crippen molar-refractivity contribution in [1.29, 1.82) is 0 Å². The van der Waals surface area contributed by atoms with E-state index >= 15 is 0 Å². The molecule has 0 unspecified atom stereocenters. The standard InChI is InChI=1S/C4H7NO2.C2H4O/c1-3(2)4(6)7-5;1-2-3-1/h1,5H2,2H3;1-2H2. The molecule has 1 heterocycles. The highest BCUT2D eigenvalue weighted by Gasteiger charge is 1.96. The first kappa shape index (κ1) is 9.13. The van der Waals surface area contributed by atoms with Gasteiger partial charge in [-0.15, -0.1) is 0 Å². The van der Waals surface area contributed by atoms with Gasteiger partial charge in [0.2, 0.25) is 0 Å². The van der Waals surface area contributed by atoms with Gasteiger partial charge in [0.05, 0.1) is 13.2 Å². The third kappa shape index (κ3) is 7.13. The molecule has 0 saturated carbocycles. The van der Waals surface area contributed by atoms with E-state index in [0.717, 1.165) is 13.2 Å². The van der Waals surface area contributed by atoms with Gasteiger partial charge in [0.25, 0.3) is 0 Å². The fraction of sp³-hybridized carbons (Fsp3) is 0.500. The molecule has 0 radical (unpaired) electrons. The molecule has 0 amide bonds. The minimum Gasteiger partial charge on any atom is -0.377 e. The molecular formula is C6H11NO3.